The van der Waals surface area contributed by atoms with E-state index in [9.17, 15) is 4.79 Å². The number of thiazole rings is 1. The van der Waals surface area contributed by atoms with Gasteiger partial charge in [0, 0.05) is 4.91 Å². The van der Waals surface area contributed by atoms with Crippen molar-refractivity contribution in [2.24, 2.45) is 0 Å². The minimum Gasteiger partial charge on any atom is -0.494 e. The number of carboxylic acids is 1. The van der Waals surface area contributed by atoms with Crippen molar-refractivity contribution < 1.29 is 14.6 Å². The maximum Gasteiger partial charge on any atom is 0.313 e. The van der Waals surface area contributed by atoms with Crippen LogP contribution in [0.15, 0.2) is 48.5 Å². The zero-order chi connectivity index (χ0) is 20.5. The SMILES string of the molecule is CCCCCCOc1ccc(/C=C(\SCC(=O)O)c2nc3ccccc3s2)cc1. The van der Waals surface area contributed by atoms with Gasteiger partial charge in [0.1, 0.15) is 10.8 Å². The number of nitrogens with zero attached hydrogens (tertiary/aromatic N) is 1. The number of aliphatic carboxylic acids is 1. The summed E-state index contributed by atoms with van der Waals surface area (Å²) in [5.74, 6) is 0.0213. The molecule has 6 heteroatoms. The van der Waals surface area contributed by atoms with Crippen LogP contribution < -0.4 is 4.74 Å². The number of benzene rings is 2. The predicted octanol–water partition coefficient (Wildman–Crippen LogP) is 6.57. The van der Waals surface area contributed by atoms with E-state index in [0.717, 1.165) is 44.5 Å². The first-order chi connectivity index (χ1) is 14.2. The van der Waals surface area contributed by atoms with Gasteiger partial charge in [-0.25, -0.2) is 4.98 Å². The Bertz CT molecular complexity index is 931. The molecule has 0 radical (unpaired) electrons. The molecular formula is C23H25NO3S2. The average Bonchev–Trinajstić information content (AvgIpc) is 3.16. The Morgan fingerprint density at radius 2 is 1.93 bits per heavy atom. The first kappa shape index (κ1) is 21.4. The fourth-order valence-corrected chi connectivity index (χ4v) is 4.66. The molecule has 3 aromatic rings. The molecule has 0 aliphatic rings. The van der Waals surface area contributed by atoms with Gasteiger partial charge in [-0.2, -0.15) is 0 Å². The maximum absolute atomic E-state index is 11.1. The number of fused-ring (bicyclic) bond motifs is 1. The van der Waals surface area contributed by atoms with E-state index >= 15 is 0 Å². The molecule has 0 aliphatic heterocycles. The van der Waals surface area contributed by atoms with Gasteiger partial charge in [0.2, 0.25) is 0 Å². The number of carboxylic acid groups (broad SMARTS) is 1. The third-order valence-electron chi connectivity index (χ3n) is 4.30. The fourth-order valence-electron chi connectivity index (χ4n) is 2.81. The van der Waals surface area contributed by atoms with Crippen LogP contribution in [0.1, 0.15) is 43.2 Å². The average molecular weight is 428 g/mol. The summed E-state index contributed by atoms with van der Waals surface area (Å²) in [5.41, 5.74) is 1.93. The van der Waals surface area contributed by atoms with E-state index in [4.69, 9.17) is 9.84 Å². The maximum atomic E-state index is 11.1. The smallest absolute Gasteiger partial charge is 0.313 e. The lowest BCUT2D eigenvalue weighted by atomic mass is 10.2. The molecule has 0 amide bonds. The highest BCUT2D eigenvalue weighted by molar-refractivity contribution is 8.09. The molecule has 0 fully saturated rings. The largest absolute Gasteiger partial charge is 0.494 e. The van der Waals surface area contributed by atoms with E-state index in [1.165, 1.54) is 31.0 Å². The number of aromatic nitrogens is 1. The summed E-state index contributed by atoms with van der Waals surface area (Å²) in [6.45, 7) is 2.94. The topological polar surface area (TPSA) is 59.4 Å². The normalized spacial score (nSPS) is 11.7. The Kier molecular flexibility index (Phi) is 8.14. The minimum absolute atomic E-state index is 0.000708. The first-order valence-electron chi connectivity index (χ1n) is 9.81. The molecule has 2 aromatic carbocycles. The minimum atomic E-state index is -0.839. The van der Waals surface area contributed by atoms with Crippen LogP contribution in [0, 0.1) is 0 Å². The summed E-state index contributed by atoms with van der Waals surface area (Å²) >= 11 is 2.88. The molecule has 3 rings (SSSR count). The van der Waals surface area contributed by atoms with Gasteiger partial charge in [0.25, 0.3) is 0 Å². The Labute approximate surface area is 179 Å². The van der Waals surface area contributed by atoms with Gasteiger partial charge < -0.3 is 9.84 Å². The molecule has 152 valence electrons. The van der Waals surface area contributed by atoms with Crippen molar-refractivity contribution in [1.82, 2.24) is 4.98 Å². The first-order valence-corrected chi connectivity index (χ1v) is 11.6. The number of thioether (sulfide) groups is 1. The number of hydrogen-bond donors (Lipinski definition) is 1. The number of unbranched alkanes of at least 4 members (excludes halogenated alkanes) is 3. The zero-order valence-electron chi connectivity index (χ0n) is 16.5. The summed E-state index contributed by atoms with van der Waals surface area (Å²) in [5, 5.41) is 9.95. The lowest BCUT2D eigenvalue weighted by Gasteiger charge is -2.07. The second-order valence-corrected chi connectivity index (χ2v) is 8.70. The lowest BCUT2D eigenvalue weighted by Crippen LogP contribution is -1.98. The monoisotopic (exact) mass is 427 g/mol. The quantitative estimate of drug-likeness (QED) is 0.351. The van der Waals surface area contributed by atoms with Crippen molar-refractivity contribution in [2.75, 3.05) is 12.4 Å². The predicted molar refractivity (Wildman–Crippen MR) is 124 cm³/mol. The molecule has 29 heavy (non-hydrogen) atoms. The third kappa shape index (κ3) is 6.61. The molecule has 0 saturated carbocycles. The number of rotatable bonds is 11. The number of carbonyl (C=O) groups is 1. The number of hydrogen-bond acceptors (Lipinski definition) is 5. The van der Waals surface area contributed by atoms with E-state index in [1.807, 2.05) is 54.6 Å². The van der Waals surface area contributed by atoms with Crippen molar-refractivity contribution in [2.45, 2.75) is 32.6 Å². The second kappa shape index (κ2) is 11.0. The van der Waals surface area contributed by atoms with E-state index in [1.54, 1.807) is 11.3 Å². The van der Waals surface area contributed by atoms with Gasteiger partial charge in [-0.1, -0.05) is 50.5 Å². The summed E-state index contributed by atoms with van der Waals surface area (Å²) in [6, 6.07) is 15.9. The molecule has 4 nitrogen and oxygen atoms in total. The van der Waals surface area contributed by atoms with Gasteiger partial charge in [0.05, 0.1) is 22.6 Å². The van der Waals surface area contributed by atoms with Crippen LogP contribution in [0.3, 0.4) is 0 Å². The second-order valence-electron chi connectivity index (χ2n) is 6.66. The standard InChI is InChI=1S/C23H25NO3S2/c1-2-3-4-7-14-27-18-12-10-17(11-13-18)15-21(28-16-22(25)26)23-24-19-8-5-6-9-20(19)29-23/h5-6,8-13,15H,2-4,7,14,16H2,1H3,(H,25,26)/b21-15-. The summed E-state index contributed by atoms with van der Waals surface area (Å²) in [6.07, 6.45) is 6.73. The van der Waals surface area contributed by atoms with E-state index in [0.29, 0.717) is 0 Å². The zero-order valence-corrected chi connectivity index (χ0v) is 18.1. The van der Waals surface area contributed by atoms with Gasteiger partial charge in [-0.15, -0.1) is 23.1 Å². The van der Waals surface area contributed by atoms with Gasteiger partial charge in [-0.05, 0) is 42.3 Å². The highest BCUT2D eigenvalue weighted by Crippen LogP contribution is 2.35. The Morgan fingerprint density at radius 1 is 1.14 bits per heavy atom. The van der Waals surface area contributed by atoms with E-state index < -0.39 is 5.97 Å². The molecule has 0 aliphatic carbocycles. The van der Waals surface area contributed by atoms with Gasteiger partial charge >= 0.3 is 5.97 Å². The molecule has 0 saturated heterocycles. The van der Waals surface area contributed by atoms with Crippen molar-refractivity contribution in [1.29, 1.82) is 0 Å². The Balaban J connectivity index is 1.73. The highest BCUT2D eigenvalue weighted by atomic mass is 32.2. The van der Waals surface area contributed by atoms with Crippen molar-refractivity contribution in [3.8, 4) is 5.75 Å². The lowest BCUT2D eigenvalue weighted by molar-refractivity contribution is -0.133. The van der Waals surface area contributed by atoms with Crippen LogP contribution >= 0.6 is 23.1 Å². The van der Waals surface area contributed by atoms with Crippen LogP contribution in [-0.4, -0.2) is 28.4 Å². The summed E-state index contributed by atoms with van der Waals surface area (Å²) in [4.78, 5) is 16.6. The van der Waals surface area contributed by atoms with Crippen LogP contribution in [0.5, 0.6) is 5.75 Å². The van der Waals surface area contributed by atoms with Crippen molar-refractivity contribution >= 4 is 50.3 Å². The highest BCUT2D eigenvalue weighted by Gasteiger charge is 2.12. The molecule has 0 unspecified atom stereocenters. The number of ether oxygens (including phenoxy) is 1. The third-order valence-corrected chi connectivity index (χ3v) is 6.51. The molecule has 1 heterocycles. The molecule has 0 bridgehead atoms. The molecule has 0 spiro atoms. The van der Waals surface area contributed by atoms with Crippen LogP contribution in [0.25, 0.3) is 21.2 Å². The molecular weight excluding hydrogens is 402 g/mol. The van der Waals surface area contributed by atoms with Crippen LogP contribution in [0.2, 0.25) is 0 Å². The van der Waals surface area contributed by atoms with Crippen molar-refractivity contribution in [3.63, 3.8) is 0 Å². The Hall–Kier alpha value is -2.31. The molecule has 0 atom stereocenters. The van der Waals surface area contributed by atoms with Crippen LogP contribution in [-0.2, 0) is 4.79 Å². The molecule has 1 N–H and O–H groups in total. The summed E-state index contributed by atoms with van der Waals surface area (Å²) < 4.78 is 6.90. The van der Waals surface area contributed by atoms with Gasteiger partial charge in [0.15, 0.2) is 0 Å². The fraction of sp³-hybridized carbons (Fsp3) is 0.304. The van der Waals surface area contributed by atoms with Crippen LogP contribution in [0.4, 0.5) is 0 Å². The number of para-hydroxylation sites is 1. The molecule has 1 aromatic heterocycles. The van der Waals surface area contributed by atoms with E-state index in [-0.39, 0.29) is 5.75 Å². The van der Waals surface area contributed by atoms with E-state index in [2.05, 4.69) is 11.9 Å². The Morgan fingerprint density at radius 3 is 2.66 bits per heavy atom. The summed E-state index contributed by atoms with van der Waals surface area (Å²) in [7, 11) is 0. The van der Waals surface area contributed by atoms with Gasteiger partial charge in [-0.3, -0.25) is 4.79 Å². The van der Waals surface area contributed by atoms with Crippen molar-refractivity contribution in [3.05, 3.63) is 59.1 Å².